The molecule has 3 rings (SSSR count). The van der Waals surface area contributed by atoms with Gasteiger partial charge in [0.15, 0.2) is 0 Å². The van der Waals surface area contributed by atoms with Gasteiger partial charge in [0.05, 0.1) is 18.3 Å². The predicted octanol–water partition coefficient (Wildman–Crippen LogP) is 4.96. The van der Waals surface area contributed by atoms with Gasteiger partial charge in [-0.1, -0.05) is 25.9 Å². The molecule has 0 saturated heterocycles. The highest BCUT2D eigenvalue weighted by Gasteiger charge is 2.25. The molecule has 0 aliphatic heterocycles. The second-order valence-electron chi connectivity index (χ2n) is 9.89. The third-order valence-corrected chi connectivity index (χ3v) is 4.99. The number of hydrogen-bond donors (Lipinski definition) is 1. The topological polar surface area (TPSA) is 95.1 Å². The van der Waals surface area contributed by atoms with Crippen LogP contribution in [-0.4, -0.2) is 32.9 Å². The number of benzene rings is 1. The Labute approximate surface area is 189 Å². The van der Waals surface area contributed by atoms with Crippen molar-refractivity contribution < 1.29 is 14.1 Å². The van der Waals surface area contributed by atoms with E-state index in [0.717, 1.165) is 17.0 Å². The summed E-state index contributed by atoms with van der Waals surface area (Å²) in [4.78, 5) is 17.0. The smallest absolute Gasteiger partial charge is 0.226 e. The normalized spacial score (nSPS) is 12.1. The van der Waals surface area contributed by atoms with E-state index in [-0.39, 0.29) is 16.9 Å². The summed E-state index contributed by atoms with van der Waals surface area (Å²) < 4.78 is 12.4. The van der Waals surface area contributed by atoms with Crippen LogP contribution in [0.4, 0.5) is 5.82 Å². The molecule has 0 aliphatic rings. The molecule has 172 valence electrons. The van der Waals surface area contributed by atoms with Crippen molar-refractivity contribution in [2.24, 2.45) is 0 Å². The molecule has 0 aliphatic carbocycles. The first kappa shape index (κ1) is 23.5. The third-order valence-electron chi connectivity index (χ3n) is 4.99. The number of nitrogens with zero attached hydrogens (tertiary/aromatic N) is 4. The first-order valence-electron chi connectivity index (χ1n) is 10.9. The minimum Gasteiger partial charge on any atom is -0.497 e. The van der Waals surface area contributed by atoms with Crippen molar-refractivity contribution in [3.63, 3.8) is 0 Å². The summed E-state index contributed by atoms with van der Waals surface area (Å²) in [7, 11) is 1.62. The lowest BCUT2D eigenvalue weighted by Crippen LogP contribution is -2.27. The van der Waals surface area contributed by atoms with Crippen LogP contribution in [0.3, 0.4) is 0 Å². The molecule has 0 radical (unpaired) electrons. The number of nitrogens with one attached hydrogen (secondary N) is 1. The van der Waals surface area contributed by atoms with E-state index in [4.69, 9.17) is 14.4 Å². The molecule has 2 heterocycles. The number of carbonyl (C=O) groups excluding carboxylic acids is 1. The molecule has 8 heteroatoms. The predicted molar refractivity (Wildman–Crippen MR) is 124 cm³/mol. The molecule has 1 aromatic carbocycles. The monoisotopic (exact) mass is 439 g/mol. The quantitative estimate of drug-likeness (QED) is 0.559. The number of ether oxygens (including phenoxy) is 1. The Bertz CT molecular complexity index is 1050. The van der Waals surface area contributed by atoms with Crippen molar-refractivity contribution in [1.82, 2.24) is 19.9 Å². The Balaban J connectivity index is 1.58. The SMILES string of the molecule is COc1ccc(-c2noc(CCCC(=O)Nc3cc(C(C)(C)C)nn3C(C)(C)C)n2)cc1. The van der Waals surface area contributed by atoms with Gasteiger partial charge < -0.3 is 14.6 Å². The summed E-state index contributed by atoms with van der Waals surface area (Å²) >= 11 is 0. The Kier molecular flexibility index (Phi) is 6.71. The van der Waals surface area contributed by atoms with Gasteiger partial charge in [-0.15, -0.1) is 0 Å². The van der Waals surface area contributed by atoms with Crippen molar-refractivity contribution in [1.29, 1.82) is 0 Å². The highest BCUT2D eigenvalue weighted by atomic mass is 16.5. The second kappa shape index (κ2) is 9.14. The molecule has 0 spiro atoms. The number of methoxy groups -OCH3 is 1. The van der Waals surface area contributed by atoms with Crippen LogP contribution in [0.5, 0.6) is 5.75 Å². The minimum absolute atomic E-state index is 0.0641. The summed E-state index contributed by atoms with van der Waals surface area (Å²) in [5.41, 5.74) is 1.45. The number of amides is 1. The number of aromatic nitrogens is 4. The fraction of sp³-hybridized carbons (Fsp3) is 0.500. The average Bonchev–Trinajstić information content (AvgIpc) is 3.35. The number of rotatable bonds is 7. The van der Waals surface area contributed by atoms with Gasteiger partial charge in [-0.05, 0) is 51.5 Å². The fourth-order valence-electron chi connectivity index (χ4n) is 3.17. The maximum absolute atomic E-state index is 12.6. The zero-order valence-electron chi connectivity index (χ0n) is 20.0. The molecular formula is C24H33N5O3. The number of carbonyl (C=O) groups is 1. The summed E-state index contributed by atoms with van der Waals surface area (Å²) in [5.74, 6) is 2.46. The zero-order valence-corrected chi connectivity index (χ0v) is 20.0. The van der Waals surface area contributed by atoms with Crippen molar-refractivity contribution in [3.8, 4) is 17.1 Å². The second-order valence-corrected chi connectivity index (χ2v) is 9.89. The van der Waals surface area contributed by atoms with Crippen LogP contribution in [0.25, 0.3) is 11.4 Å². The standard InChI is InChI=1S/C24H33N5O3/c1-23(2,3)18-15-19(29(27-18)24(4,5)6)25-20(30)9-8-10-21-26-22(28-32-21)16-11-13-17(31-7)14-12-16/h11-15H,8-10H2,1-7H3,(H,25,30). The number of anilines is 1. The summed E-state index contributed by atoms with van der Waals surface area (Å²) in [6.07, 6.45) is 1.48. The maximum Gasteiger partial charge on any atom is 0.226 e. The van der Waals surface area contributed by atoms with Gasteiger partial charge in [-0.3, -0.25) is 4.79 Å². The first-order valence-corrected chi connectivity index (χ1v) is 10.9. The van der Waals surface area contributed by atoms with E-state index >= 15 is 0 Å². The van der Waals surface area contributed by atoms with E-state index in [2.05, 4.69) is 57.0 Å². The summed E-state index contributed by atoms with van der Waals surface area (Å²) in [6.45, 7) is 12.5. The lowest BCUT2D eigenvalue weighted by atomic mass is 9.92. The molecule has 2 aromatic heterocycles. The molecule has 0 bridgehead atoms. The molecule has 0 fully saturated rings. The average molecular weight is 440 g/mol. The molecule has 0 saturated carbocycles. The van der Waals surface area contributed by atoms with Crippen LogP contribution >= 0.6 is 0 Å². The van der Waals surface area contributed by atoms with Gasteiger partial charge >= 0.3 is 0 Å². The third kappa shape index (κ3) is 5.75. The largest absolute Gasteiger partial charge is 0.497 e. The van der Waals surface area contributed by atoms with Crippen LogP contribution in [0.15, 0.2) is 34.9 Å². The van der Waals surface area contributed by atoms with E-state index in [1.54, 1.807) is 7.11 Å². The molecule has 1 amide bonds. The van der Waals surface area contributed by atoms with Crippen LogP contribution in [0.2, 0.25) is 0 Å². The Morgan fingerprint density at radius 3 is 2.41 bits per heavy atom. The molecule has 0 unspecified atom stereocenters. The van der Waals surface area contributed by atoms with E-state index in [9.17, 15) is 4.79 Å². The van der Waals surface area contributed by atoms with Crippen molar-refractivity contribution in [3.05, 3.63) is 41.9 Å². The highest BCUT2D eigenvalue weighted by Crippen LogP contribution is 2.28. The molecule has 3 aromatic rings. The van der Waals surface area contributed by atoms with Crippen molar-refractivity contribution in [2.45, 2.75) is 71.8 Å². The van der Waals surface area contributed by atoms with Crippen LogP contribution in [0.1, 0.15) is 66.0 Å². The van der Waals surface area contributed by atoms with Crippen LogP contribution in [0, 0.1) is 0 Å². The molecule has 1 N–H and O–H groups in total. The van der Waals surface area contributed by atoms with E-state index in [0.29, 0.717) is 36.8 Å². The van der Waals surface area contributed by atoms with Crippen molar-refractivity contribution in [2.75, 3.05) is 12.4 Å². The first-order chi connectivity index (χ1) is 15.0. The van der Waals surface area contributed by atoms with Crippen LogP contribution in [-0.2, 0) is 22.2 Å². The summed E-state index contributed by atoms with van der Waals surface area (Å²) in [6, 6.07) is 9.42. The van der Waals surface area contributed by atoms with Gasteiger partial charge in [0.25, 0.3) is 0 Å². The number of aryl methyl sites for hydroxylation is 1. The van der Waals surface area contributed by atoms with Gasteiger partial charge in [-0.2, -0.15) is 10.1 Å². The molecule has 8 nitrogen and oxygen atoms in total. The zero-order chi connectivity index (χ0) is 23.5. The number of hydrogen-bond acceptors (Lipinski definition) is 6. The van der Waals surface area contributed by atoms with Gasteiger partial charge in [0.1, 0.15) is 11.6 Å². The lowest BCUT2D eigenvalue weighted by Gasteiger charge is -2.23. The highest BCUT2D eigenvalue weighted by molar-refractivity contribution is 5.90. The van der Waals surface area contributed by atoms with Gasteiger partial charge in [0, 0.05) is 29.9 Å². The Hall–Kier alpha value is -3.16. The van der Waals surface area contributed by atoms with E-state index < -0.39 is 0 Å². The minimum atomic E-state index is -0.242. The van der Waals surface area contributed by atoms with Crippen LogP contribution < -0.4 is 10.1 Å². The van der Waals surface area contributed by atoms with E-state index in [1.807, 2.05) is 35.0 Å². The summed E-state index contributed by atoms with van der Waals surface area (Å²) in [5, 5.41) is 11.8. The molecular weight excluding hydrogens is 406 g/mol. The maximum atomic E-state index is 12.6. The Morgan fingerprint density at radius 2 is 1.81 bits per heavy atom. The fourth-order valence-corrected chi connectivity index (χ4v) is 3.17. The van der Waals surface area contributed by atoms with Crippen molar-refractivity contribution >= 4 is 11.7 Å². The lowest BCUT2D eigenvalue weighted by molar-refractivity contribution is -0.116. The van der Waals surface area contributed by atoms with E-state index in [1.165, 1.54) is 0 Å². The molecule has 32 heavy (non-hydrogen) atoms. The molecule has 0 atom stereocenters. The van der Waals surface area contributed by atoms with Gasteiger partial charge in [-0.25, -0.2) is 4.68 Å². The van der Waals surface area contributed by atoms with Gasteiger partial charge in [0.2, 0.25) is 17.6 Å². The Morgan fingerprint density at radius 1 is 1.12 bits per heavy atom.